The van der Waals surface area contributed by atoms with Crippen LogP contribution in [0.15, 0.2) is 0 Å². The maximum atomic E-state index is 10.3. The van der Waals surface area contributed by atoms with Gasteiger partial charge in [-0.3, -0.25) is 4.52 Å². The molecule has 0 saturated heterocycles. The molecular formula is C20H46NO5P. The maximum absolute atomic E-state index is 10.3. The zero-order valence-electron chi connectivity index (χ0n) is 18.0. The highest BCUT2D eigenvalue weighted by Crippen LogP contribution is 2.35. The molecule has 0 aliphatic carbocycles. The van der Waals surface area contributed by atoms with E-state index in [9.17, 15) is 9.67 Å². The summed E-state index contributed by atoms with van der Waals surface area (Å²) in [6, 6.07) is 0. The maximum Gasteiger partial charge on any atom is 0.469 e. The van der Waals surface area contributed by atoms with E-state index in [0.29, 0.717) is 6.54 Å². The normalized spacial score (nSPS) is 12.0. The van der Waals surface area contributed by atoms with Crippen molar-refractivity contribution in [3.05, 3.63) is 0 Å². The predicted octanol–water partition coefficient (Wildman–Crippen LogP) is 5.29. The summed E-state index contributed by atoms with van der Waals surface area (Å²) in [4.78, 5) is 16.8. The molecule has 0 atom stereocenters. The second-order valence-corrected chi connectivity index (χ2v) is 8.67. The Balaban J connectivity index is 0. The Morgan fingerprint density at radius 3 is 1.56 bits per heavy atom. The van der Waals surface area contributed by atoms with Gasteiger partial charge in [0.2, 0.25) is 0 Å². The molecular weight excluding hydrogens is 365 g/mol. The van der Waals surface area contributed by atoms with Crippen molar-refractivity contribution in [3.63, 3.8) is 0 Å². The number of phosphoric ester groups is 1. The van der Waals surface area contributed by atoms with Crippen molar-refractivity contribution in [1.29, 1.82) is 0 Å². The Hall–Kier alpha value is 0.0300. The molecule has 27 heavy (non-hydrogen) atoms. The fourth-order valence-electron chi connectivity index (χ4n) is 2.76. The molecule has 166 valence electrons. The molecule has 5 N–H and O–H groups in total. The Morgan fingerprint density at radius 2 is 1.19 bits per heavy atom. The van der Waals surface area contributed by atoms with E-state index in [1.54, 1.807) is 0 Å². The second kappa shape index (κ2) is 19.4. The van der Waals surface area contributed by atoms with Gasteiger partial charge < -0.3 is 20.6 Å². The standard InChI is InChI=1S/C10H23NO.C10H23O4P/c1-3-5-7-10(12,9-11)8-6-4-2;1-2-3-4-5-6-7-8-9-10-14-15(11,12)13/h12H,3-9,11H2,1-2H3;2-10H2,1H3,(H2,11,12,13). The molecule has 0 unspecified atom stereocenters. The van der Waals surface area contributed by atoms with Crippen molar-refractivity contribution in [2.45, 2.75) is 116 Å². The van der Waals surface area contributed by atoms with Crippen molar-refractivity contribution < 1.29 is 24.0 Å². The van der Waals surface area contributed by atoms with Crippen molar-refractivity contribution >= 4 is 7.82 Å². The third kappa shape index (κ3) is 24.0. The van der Waals surface area contributed by atoms with Crippen LogP contribution in [0.2, 0.25) is 0 Å². The van der Waals surface area contributed by atoms with E-state index in [1.165, 1.54) is 32.1 Å². The highest BCUT2D eigenvalue weighted by Gasteiger charge is 2.22. The molecule has 0 aromatic rings. The minimum atomic E-state index is -4.24. The average Bonchev–Trinajstić information content (AvgIpc) is 2.63. The number of unbranched alkanes of at least 4 members (excludes halogenated alkanes) is 9. The molecule has 0 aromatic heterocycles. The predicted molar refractivity (Wildman–Crippen MR) is 114 cm³/mol. The minimum Gasteiger partial charge on any atom is -0.389 e. The second-order valence-electron chi connectivity index (χ2n) is 7.43. The van der Waals surface area contributed by atoms with Crippen LogP contribution in [0.3, 0.4) is 0 Å². The molecule has 0 heterocycles. The molecule has 0 aliphatic rings. The first-order valence-corrected chi connectivity index (χ1v) is 12.4. The molecule has 0 aliphatic heterocycles. The van der Waals surface area contributed by atoms with E-state index in [4.69, 9.17) is 15.5 Å². The fourth-order valence-corrected chi connectivity index (χ4v) is 3.13. The monoisotopic (exact) mass is 411 g/mol. The van der Waals surface area contributed by atoms with Gasteiger partial charge in [0, 0.05) is 6.54 Å². The Labute approximate surface area is 167 Å². The Bertz CT molecular complexity index is 341. The van der Waals surface area contributed by atoms with Crippen LogP contribution in [0.5, 0.6) is 0 Å². The van der Waals surface area contributed by atoms with E-state index < -0.39 is 13.4 Å². The van der Waals surface area contributed by atoms with Gasteiger partial charge in [-0.25, -0.2) is 4.57 Å². The van der Waals surface area contributed by atoms with Gasteiger partial charge in [0.1, 0.15) is 0 Å². The van der Waals surface area contributed by atoms with Crippen molar-refractivity contribution in [1.82, 2.24) is 0 Å². The van der Waals surface area contributed by atoms with Crippen LogP contribution >= 0.6 is 7.82 Å². The topological polar surface area (TPSA) is 113 Å². The first-order valence-electron chi connectivity index (χ1n) is 10.9. The largest absolute Gasteiger partial charge is 0.469 e. The van der Waals surface area contributed by atoms with Gasteiger partial charge in [0.15, 0.2) is 0 Å². The summed E-state index contributed by atoms with van der Waals surface area (Å²) in [5.41, 5.74) is 4.96. The molecule has 0 radical (unpaired) electrons. The molecule has 0 bridgehead atoms. The molecule has 6 nitrogen and oxygen atoms in total. The van der Waals surface area contributed by atoms with Crippen molar-refractivity contribution in [3.8, 4) is 0 Å². The van der Waals surface area contributed by atoms with Crippen LogP contribution in [0.1, 0.15) is 111 Å². The number of hydrogen-bond donors (Lipinski definition) is 4. The number of phosphoric acid groups is 1. The molecule has 0 amide bonds. The molecule has 0 rings (SSSR count). The molecule has 7 heteroatoms. The van der Waals surface area contributed by atoms with Crippen molar-refractivity contribution in [2.75, 3.05) is 13.2 Å². The molecule has 0 saturated carbocycles. The lowest BCUT2D eigenvalue weighted by Crippen LogP contribution is -2.37. The summed E-state index contributed by atoms with van der Waals surface area (Å²) in [7, 11) is -4.24. The van der Waals surface area contributed by atoms with Crippen LogP contribution in [-0.2, 0) is 9.09 Å². The highest BCUT2D eigenvalue weighted by atomic mass is 31.2. The minimum absolute atomic E-state index is 0.166. The van der Waals surface area contributed by atoms with Crippen LogP contribution in [0.4, 0.5) is 0 Å². The fraction of sp³-hybridized carbons (Fsp3) is 1.00. The summed E-state index contributed by atoms with van der Waals surface area (Å²) in [6.07, 6.45) is 15.4. The van der Waals surface area contributed by atoms with Crippen LogP contribution in [0, 0.1) is 0 Å². The summed E-state index contributed by atoms with van der Waals surface area (Å²) in [5, 5.41) is 9.96. The van der Waals surface area contributed by atoms with Crippen molar-refractivity contribution in [2.24, 2.45) is 5.73 Å². The van der Waals surface area contributed by atoms with E-state index >= 15 is 0 Å². The van der Waals surface area contributed by atoms with E-state index in [-0.39, 0.29) is 6.61 Å². The summed E-state index contributed by atoms with van der Waals surface area (Å²) in [6.45, 7) is 7.04. The number of aliphatic hydroxyl groups is 1. The Morgan fingerprint density at radius 1 is 0.778 bits per heavy atom. The van der Waals surface area contributed by atoms with Gasteiger partial charge in [0.25, 0.3) is 0 Å². The summed E-state index contributed by atoms with van der Waals surface area (Å²) >= 11 is 0. The number of nitrogens with two attached hydrogens (primary N) is 1. The van der Waals surface area contributed by atoms with Gasteiger partial charge in [-0.05, 0) is 19.3 Å². The van der Waals surface area contributed by atoms with E-state index in [0.717, 1.165) is 57.8 Å². The number of hydrogen-bond acceptors (Lipinski definition) is 4. The quantitative estimate of drug-likeness (QED) is 0.191. The average molecular weight is 412 g/mol. The smallest absolute Gasteiger partial charge is 0.389 e. The number of rotatable bonds is 17. The van der Waals surface area contributed by atoms with Crippen LogP contribution in [0.25, 0.3) is 0 Å². The van der Waals surface area contributed by atoms with E-state index in [2.05, 4.69) is 25.3 Å². The van der Waals surface area contributed by atoms with Crippen LogP contribution in [-0.4, -0.2) is 33.6 Å². The lowest BCUT2D eigenvalue weighted by Gasteiger charge is -2.26. The summed E-state index contributed by atoms with van der Waals surface area (Å²) in [5.74, 6) is 0. The first-order chi connectivity index (χ1) is 12.7. The molecule has 0 fully saturated rings. The summed E-state index contributed by atoms with van der Waals surface area (Å²) < 4.78 is 14.7. The lowest BCUT2D eigenvalue weighted by atomic mass is 9.91. The SMILES string of the molecule is CCCCC(O)(CN)CCCC.CCCCCCCCCCOP(=O)(O)O. The Kier molecular flexibility index (Phi) is 21.0. The van der Waals surface area contributed by atoms with Crippen LogP contribution < -0.4 is 5.73 Å². The third-order valence-electron chi connectivity index (χ3n) is 4.63. The van der Waals surface area contributed by atoms with Gasteiger partial charge in [0.05, 0.1) is 12.2 Å². The highest BCUT2D eigenvalue weighted by molar-refractivity contribution is 7.46. The van der Waals surface area contributed by atoms with Gasteiger partial charge in [-0.15, -0.1) is 0 Å². The van der Waals surface area contributed by atoms with E-state index in [1.807, 2.05) is 0 Å². The van der Waals surface area contributed by atoms with Gasteiger partial charge in [-0.1, -0.05) is 91.4 Å². The third-order valence-corrected chi connectivity index (χ3v) is 5.15. The van der Waals surface area contributed by atoms with Gasteiger partial charge in [-0.2, -0.15) is 0 Å². The first kappa shape index (κ1) is 29.2. The molecule has 0 aromatic carbocycles. The zero-order chi connectivity index (χ0) is 21.0. The zero-order valence-corrected chi connectivity index (χ0v) is 18.9. The van der Waals surface area contributed by atoms with Gasteiger partial charge >= 0.3 is 7.82 Å². The lowest BCUT2D eigenvalue weighted by molar-refractivity contribution is 0.0273. The molecule has 0 spiro atoms.